The second-order valence-electron chi connectivity index (χ2n) is 5.58. The summed E-state index contributed by atoms with van der Waals surface area (Å²) in [4.78, 5) is 25.1. The van der Waals surface area contributed by atoms with Crippen LogP contribution in [0.15, 0.2) is 24.3 Å². The third kappa shape index (κ3) is 4.73. The molecular weight excluding hydrogens is 282 g/mol. The number of nitrogens with zero attached hydrogens (tertiary/aromatic N) is 1. The Labute approximate surface area is 130 Å². The fourth-order valence-corrected chi connectivity index (χ4v) is 2.65. The van der Waals surface area contributed by atoms with Crippen LogP contribution in [0.1, 0.15) is 18.4 Å². The monoisotopic (exact) mass is 305 g/mol. The third-order valence-corrected chi connectivity index (χ3v) is 3.96. The van der Waals surface area contributed by atoms with Crippen molar-refractivity contribution in [3.8, 4) is 5.75 Å². The Balaban J connectivity index is 1.74. The largest absolute Gasteiger partial charge is 0.497 e. The maximum absolute atomic E-state index is 12.2. The molecule has 1 saturated heterocycles. The van der Waals surface area contributed by atoms with E-state index in [0.29, 0.717) is 6.54 Å². The number of methoxy groups -OCH3 is 1. The van der Waals surface area contributed by atoms with Crippen molar-refractivity contribution in [1.82, 2.24) is 10.2 Å². The van der Waals surface area contributed by atoms with Gasteiger partial charge in [-0.3, -0.25) is 14.5 Å². The van der Waals surface area contributed by atoms with Crippen LogP contribution in [-0.2, 0) is 16.1 Å². The first kappa shape index (κ1) is 16.3. The number of rotatable bonds is 6. The predicted octanol–water partition coefficient (Wildman–Crippen LogP) is 0.509. The number of nitrogens with one attached hydrogen (secondary N) is 1. The fraction of sp³-hybridized carbons (Fsp3) is 0.500. The quantitative estimate of drug-likeness (QED) is 0.802. The summed E-state index contributed by atoms with van der Waals surface area (Å²) in [6.07, 6.45) is 1.53. The van der Waals surface area contributed by atoms with Crippen molar-refractivity contribution in [1.29, 1.82) is 0 Å². The first-order chi connectivity index (χ1) is 10.6. The molecule has 1 heterocycles. The molecule has 120 valence electrons. The van der Waals surface area contributed by atoms with E-state index < -0.39 is 0 Å². The summed E-state index contributed by atoms with van der Waals surface area (Å²) >= 11 is 0. The molecular formula is C16H23N3O3. The average molecular weight is 305 g/mol. The zero-order valence-electron chi connectivity index (χ0n) is 12.9. The van der Waals surface area contributed by atoms with Gasteiger partial charge in [0.05, 0.1) is 13.7 Å². The average Bonchev–Trinajstić information content (AvgIpc) is 2.53. The van der Waals surface area contributed by atoms with E-state index in [9.17, 15) is 9.59 Å². The van der Waals surface area contributed by atoms with Crippen molar-refractivity contribution in [3.05, 3.63) is 29.8 Å². The van der Waals surface area contributed by atoms with Crippen LogP contribution >= 0.6 is 0 Å². The highest BCUT2D eigenvalue weighted by molar-refractivity contribution is 5.79. The van der Waals surface area contributed by atoms with Gasteiger partial charge >= 0.3 is 0 Å². The second kappa shape index (κ2) is 7.79. The Hall–Kier alpha value is -2.08. The molecule has 22 heavy (non-hydrogen) atoms. The van der Waals surface area contributed by atoms with Crippen molar-refractivity contribution in [2.45, 2.75) is 19.4 Å². The molecule has 0 spiro atoms. The van der Waals surface area contributed by atoms with E-state index in [0.717, 1.165) is 37.2 Å². The van der Waals surface area contributed by atoms with Crippen LogP contribution in [-0.4, -0.2) is 43.5 Å². The predicted molar refractivity (Wildman–Crippen MR) is 83.2 cm³/mol. The second-order valence-corrected chi connectivity index (χ2v) is 5.58. The van der Waals surface area contributed by atoms with Crippen LogP contribution in [0.5, 0.6) is 5.75 Å². The molecule has 3 N–H and O–H groups in total. The molecule has 6 nitrogen and oxygen atoms in total. The number of ether oxygens (including phenoxy) is 1. The number of likely N-dealkylation sites (tertiary alicyclic amines) is 1. The number of benzene rings is 1. The molecule has 1 aliphatic heterocycles. The zero-order chi connectivity index (χ0) is 15.9. The number of carbonyl (C=O) groups excluding carboxylic acids is 2. The van der Waals surface area contributed by atoms with Gasteiger partial charge in [-0.15, -0.1) is 0 Å². The van der Waals surface area contributed by atoms with Crippen LogP contribution < -0.4 is 15.8 Å². The van der Waals surface area contributed by atoms with Crippen LogP contribution in [0, 0.1) is 5.92 Å². The smallest absolute Gasteiger partial charge is 0.231 e. The SMILES string of the molecule is COc1ccc(CNC(=O)C2CCN(CC(N)=O)CC2)cc1. The number of piperidine rings is 1. The topological polar surface area (TPSA) is 84.7 Å². The van der Waals surface area contributed by atoms with Crippen molar-refractivity contribution in [3.63, 3.8) is 0 Å². The number of amides is 2. The number of nitrogens with two attached hydrogens (primary N) is 1. The van der Waals surface area contributed by atoms with E-state index in [-0.39, 0.29) is 24.3 Å². The normalized spacial score (nSPS) is 16.2. The Kier molecular flexibility index (Phi) is 5.77. The van der Waals surface area contributed by atoms with Crippen molar-refractivity contribution in [2.75, 3.05) is 26.7 Å². The molecule has 6 heteroatoms. The molecule has 0 aliphatic carbocycles. The fourth-order valence-electron chi connectivity index (χ4n) is 2.65. The van der Waals surface area contributed by atoms with Crippen molar-refractivity contribution >= 4 is 11.8 Å². The molecule has 1 aromatic rings. The molecule has 0 unspecified atom stereocenters. The molecule has 1 aromatic carbocycles. The van der Waals surface area contributed by atoms with Gasteiger partial charge in [0.2, 0.25) is 11.8 Å². The van der Waals surface area contributed by atoms with E-state index in [1.807, 2.05) is 29.2 Å². The van der Waals surface area contributed by atoms with Gasteiger partial charge in [0.1, 0.15) is 5.75 Å². The summed E-state index contributed by atoms with van der Waals surface area (Å²) in [5, 5.41) is 2.97. The molecule has 0 atom stereocenters. The molecule has 2 rings (SSSR count). The highest BCUT2D eigenvalue weighted by atomic mass is 16.5. The summed E-state index contributed by atoms with van der Waals surface area (Å²) in [5.74, 6) is 0.580. The molecule has 1 fully saturated rings. The number of hydrogen-bond acceptors (Lipinski definition) is 4. The van der Waals surface area contributed by atoms with Gasteiger partial charge in [-0.25, -0.2) is 0 Å². The first-order valence-electron chi connectivity index (χ1n) is 7.50. The summed E-state index contributed by atoms with van der Waals surface area (Å²) in [7, 11) is 1.63. The van der Waals surface area contributed by atoms with E-state index in [2.05, 4.69) is 5.32 Å². The highest BCUT2D eigenvalue weighted by Gasteiger charge is 2.25. The Morgan fingerprint density at radius 2 is 1.91 bits per heavy atom. The van der Waals surface area contributed by atoms with Crippen molar-refractivity contribution in [2.24, 2.45) is 11.7 Å². The van der Waals surface area contributed by atoms with E-state index in [1.54, 1.807) is 7.11 Å². The van der Waals surface area contributed by atoms with Crippen LogP contribution in [0.2, 0.25) is 0 Å². The minimum Gasteiger partial charge on any atom is -0.497 e. The number of carbonyl (C=O) groups is 2. The van der Waals surface area contributed by atoms with Gasteiger partial charge in [-0.2, -0.15) is 0 Å². The molecule has 0 radical (unpaired) electrons. The maximum atomic E-state index is 12.2. The molecule has 0 aromatic heterocycles. The molecule has 0 saturated carbocycles. The molecule has 2 amide bonds. The third-order valence-electron chi connectivity index (χ3n) is 3.96. The van der Waals surface area contributed by atoms with Gasteiger partial charge < -0.3 is 15.8 Å². The molecule has 1 aliphatic rings. The minimum atomic E-state index is -0.317. The lowest BCUT2D eigenvalue weighted by Gasteiger charge is -2.30. The zero-order valence-corrected chi connectivity index (χ0v) is 12.9. The summed E-state index contributed by atoms with van der Waals surface area (Å²) in [6, 6.07) is 7.64. The number of primary amides is 1. The standard InChI is InChI=1S/C16H23N3O3/c1-22-14-4-2-12(3-5-14)10-18-16(21)13-6-8-19(9-7-13)11-15(17)20/h2-5,13H,6-11H2,1H3,(H2,17,20)(H,18,21). The summed E-state index contributed by atoms with van der Waals surface area (Å²) in [6.45, 7) is 2.28. The molecule has 0 bridgehead atoms. The van der Waals surface area contributed by atoms with Gasteiger partial charge in [-0.1, -0.05) is 12.1 Å². The summed E-state index contributed by atoms with van der Waals surface area (Å²) in [5.41, 5.74) is 6.22. The lowest BCUT2D eigenvalue weighted by molar-refractivity contribution is -0.126. The minimum absolute atomic E-state index is 0.0161. The lowest BCUT2D eigenvalue weighted by Crippen LogP contribution is -2.43. The Bertz CT molecular complexity index is 508. The Morgan fingerprint density at radius 1 is 1.27 bits per heavy atom. The van der Waals surface area contributed by atoms with Crippen LogP contribution in [0.4, 0.5) is 0 Å². The van der Waals surface area contributed by atoms with Gasteiger partial charge in [0, 0.05) is 12.5 Å². The van der Waals surface area contributed by atoms with Gasteiger partial charge in [-0.05, 0) is 43.6 Å². The van der Waals surface area contributed by atoms with Crippen LogP contribution in [0.3, 0.4) is 0 Å². The van der Waals surface area contributed by atoms with Gasteiger partial charge in [0.25, 0.3) is 0 Å². The Morgan fingerprint density at radius 3 is 2.45 bits per heavy atom. The highest BCUT2D eigenvalue weighted by Crippen LogP contribution is 2.17. The van der Waals surface area contributed by atoms with E-state index in [1.165, 1.54) is 0 Å². The maximum Gasteiger partial charge on any atom is 0.231 e. The summed E-state index contributed by atoms with van der Waals surface area (Å²) < 4.78 is 5.10. The van der Waals surface area contributed by atoms with E-state index >= 15 is 0 Å². The first-order valence-corrected chi connectivity index (χ1v) is 7.50. The number of hydrogen-bond donors (Lipinski definition) is 2. The van der Waals surface area contributed by atoms with E-state index in [4.69, 9.17) is 10.5 Å². The lowest BCUT2D eigenvalue weighted by atomic mass is 9.96. The van der Waals surface area contributed by atoms with Gasteiger partial charge in [0.15, 0.2) is 0 Å². The van der Waals surface area contributed by atoms with Crippen molar-refractivity contribution < 1.29 is 14.3 Å². The van der Waals surface area contributed by atoms with Crippen LogP contribution in [0.25, 0.3) is 0 Å².